The molecular formula is C10H15N3O2. The van der Waals surface area contributed by atoms with Gasteiger partial charge in [0.2, 0.25) is 5.78 Å². The summed E-state index contributed by atoms with van der Waals surface area (Å²) in [5.74, 6) is 0.348. The molecule has 0 amide bonds. The van der Waals surface area contributed by atoms with Crippen LogP contribution in [0.3, 0.4) is 0 Å². The van der Waals surface area contributed by atoms with Gasteiger partial charge < -0.3 is 4.74 Å². The Morgan fingerprint density at radius 2 is 2.53 bits per heavy atom. The Morgan fingerprint density at radius 1 is 1.73 bits per heavy atom. The molecular weight excluding hydrogens is 194 g/mol. The van der Waals surface area contributed by atoms with Crippen molar-refractivity contribution in [3.8, 4) is 0 Å². The SMILES string of the molecule is CCn1ncnc1C(=O)C1(C)CCCO1. The molecule has 1 unspecified atom stereocenters. The van der Waals surface area contributed by atoms with Crippen molar-refractivity contribution in [3.05, 3.63) is 12.2 Å². The van der Waals surface area contributed by atoms with Gasteiger partial charge in [-0.15, -0.1) is 0 Å². The van der Waals surface area contributed by atoms with Gasteiger partial charge in [0.15, 0.2) is 5.82 Å². The minimum Gasteiger partial charge on any atom is -0.367 e. The summed E-state index contributed by atoms with van der Waals surface area (Å²) in [5, 5.41) is 3.99. The highest BCUT2D eigenvalue weighted by atomic mass is 16.5. The molecule has 15 heavy (non-hydrogen) atoms. The van der Waals surface area contributed by atoms with Gasteiger partial charge in [-0.2, -0.15) is 5.10 Å². The van der Waals surface area contributed by atoms with Crippen LogP contribution in [-0.4, -0.2) is 32.8 Å². The molecule has 5 heteroatoms. The van der Waals surface area contributed by atoms with Crippen molar-refractivity contribution >= 4 is 5.78 Å². The Morgan fingerprint density at radius 3 is 3.13 bits per heavy atom. The van der Waals surface area contributed by atoms with Gasteiger partial charge in [0.25, 0.3) is 0 Å². The van der Waals surface area contributed by atoms with Crippen LogP contribution in [0.1, 0.15) is 37.3 Å². The summed E-state index contributed by atoms with van der Waals surface area (Å²) in [6.07, 6.45) is 3.11. The van der Waals surface area contributed by atoms with Crippen molar-refractivity contribution in [1.29, 1.82) is 0 Å². The van der Waals surface area contributed by atoms with E-state index in [4.69, 9.17) is 4.74 Å². The molecule has 1 atom stereocenters. The number of hydrogen-bond donors (Lipinski definition) is 0. The van der Waals surface area contributed by atoms with E-state index in [9.17, 15) is 4.79 Å². The maximum Gasteiger partial charge on any atom is 0.231 e. The predicted octanol–water partition coefficient (Wildman–Crippen LogP) is 1.05. The van der Waals surface area contributed by atoms with Gasteiger partial charge in [-0.3, -0.25) is 4.79 Å². The van der Waals surface area contributed by atoms with Gasteiger partial charge in [-0.1, -0.05) is 0 Å². The molecule has 1 fully saturated rings. The molecule has 1 aliphatic rings. The first-order valence-electron chi connectivity index (χ1n) is 5.24. The number of nitrogens with zero attached hydrogens (tertiary/aromatic N) is 3. The summed E-state index contributed by atoms with van der Waals surface area (Å²) in [4.78, 5) is 16.2. The smallest absolute Gasteiger partial charge is 0.231 e. The number of ketones is 1. The first-order valence-corrected chi connectivity index (χ1v) is 5.24. The van der Waals surface area contributed by atoms with E-state index in [0.29, 0.717) is 19.0 Å². The minimum atomic E-state index is -0.694. The standard InChI is InChI=1S/C10H15N3O2/c1-3-13-9(11-7-12-13)8(14)10(2)5-4-6-15-10/h7H,3-6H2,1-2H3. The number of carbonyl (C=O) groups is 1. The number of Topliss-reactive ketones (excluding diaryl/α,β-unsaturated/α-hetero) is 1. The van der Waals surface area contributed by atoms with E-state index in [1.54, 1.807) is 4.68 Å². The lowest BCUT2D eigenvalue weighted by atomic mass is 9.97. The first-order chi connectivity index (χ1) is 7.17. The molecule has 82 valence electrons. The fourth-order valence-electron chi connectivity index (χ4n) is 1.87. The largest absolute Gasteiger partial charge is 0.367 e. The molecule has 1 aromatic rings. The van der Waals surface area contributed by atoms with Crippen LogP contribution in [0, 0.1) is 0 Å². The van der Waals surface area contributed by atoms with Crippen LogP contribution < -0.4 is 0 Å². The molecule has 1 saturated heterocycles. The van der Waals surface area contributed by atoms with E-state index in [0.717, 1.165) is 12.8 Å². The van der Waals surface area contributed by atoms with Crippen LogP contribution in [0.2, 0.25) is 0 Å². The molecule has 0 N–H and O–H groups in total. The molecule has 0 aromatic carbocycles. The molecule has 0 aliphatic carbocycles. The first kappa shape index (κ1) is 10.3. The molecule has 2 heterocycles. The quantitative estimate of drug-likeness (QED) is 0.698. The minimum absolute atomic E-state index is 0.0562. The Balaban J connectivity index is 2.27. The lowest BCUT2D eigenvalue weighted by Gasteiger charge is -2.20. The highest BCUT2D eigenvalue weighted by Gasteiger charge is 2.40. The number of aromatic nitrogens is 3. The molecule has 0 spiro atoms. The average Bonchev–Trinajstić information content (AvgIpc) is 2.85. The fraction of sp³-hybridized carbons (Fsp3) is 0.700. The number of ether oxygens (including phenoxy) is 1. The van der Waals surface area contributed by atoms with E-state index in [1.807, 2.05) is 13.8 Å². The van der Waals surface area contributed by atoms with Crippen molar-refractivity contribution in [1.82, 2.24) is 14.8 Å². The second kappa shape index (κ2) is 3.73. The number of hydrogen-bond acceptors (Lipinski definition) is 4. The van der Waals surface area contributed by atoms with E-state index in [1.165, 1.54) is 6.33 Å². The van der Waals surface area contributed by atoms with Gasteiger partial charge in [-0.05, 0) is 26.7 Å². The highest BCUT2D eigenvalue weighted by molar-refractivity contribution is 5.99. The van der Waals surface area contributed by atoms with Gasteiger partial charge in [0, 0.05) is 13.2 Å². The van der Waals surface area contributed by atoms with Gasteiger partial charge in [0.1, 0.15) is 11.9 Å². The number of rotatable bonds is 3. The highest BCUT2D eigenvalue weighted by Crippen LogP contribution is 2.28. The molecule has 0 bridgehead atoms. The van der Waals surface area contributed by atoms with E-state index in [2.05, 4.69) is 10.1 Å². The van der Waals surface area contributed by atoms with Crippen LogP contribution in [0.25, 0.3) is 0 Å². The zero-order valence-electron chi connectivity index (χ0n) is 9.06. The summed E-state index contributed by atoms with van der Waals surface area (Å²) in [6.45, 7) is 5.07. The third-order valence-corrected chi connectivity index (χ3v) is 2.82. The lowest BCUT2D eigenvalue weighted by Crippen LogP contribution is -2.36. The zero-order valence-corrected chi connectivity index (χ0v) is 9.06. The van der Waals surface area contributed by atoms with Crippen molar-refractivity contribution in [3.63, 3.8) is 0 Å². The Hall–Kier alpha value is -1.23. The summed E-state index contributed by atoms with van der Waals surface area (Å²) in [6, 6.07) is 0. The van der Waals surface area contributed by atoms with Crippen molar-refractivity contribution in [2.75, 3.05) is 6.61 Å². The fourth-order valence-corrected chi connectivity index (χ4v) is 1.87. The Labute approximate surface area is 88.4 Å². The monoisotopic (exact) mass is 209 g/mol. The molecule has 1 aliphatic heterocycles. The topological polar surface area (TPSA) is 57.0 Å². The van der Waals surface area contributed by atoms with E-state index in [-0.39, 0.29) is 5.78 Å². The van der Waals surface area contributed by atoms with Crippen LogP contribution >= 0.6 is 0 Å². The summed E-state index contributed by atoms with van der Waals surface area (Å²) >= 11 is 0. The molecule has 0 radical (unpaired) electrons. The third-order valence-electron chi connectivity index (χ3n) is 2.82. The van der Waals surface area contributed by atoms with Crippen molar-refractivity contribution in [2.24, 2.45) is 0 Å². The number of aryl methyl sites for hydroxylation is 1. The average molecular weight is 209 g/mol. The molecule has 5 nitrogen and oxygen atoms in total. The Kier molecular flexibility index (Phi) is 2.56. The van der Waals surface area contributed by atoms with Crippen molar-refractivity contribution in [2.45, 2.75) is 38.8 Å². The van der Waals surface area contributed by atoms with E-state index < -0.39 is 5.60 Å². The number of carbonyl (C=O) groups excluding carboxylic acids is 1. The van der Waals surface area contributed by atoms with Crippen LogP contribution in [-0.2, 0) is 11.3 Å². The summed E-state index contributed by atoms with van der Waals surface area (Å²) in [5.41, 5.74) is -0.694. The van der Waals surface area contributed by atoms with E-state index >= 15 is 0 Å². The van der Waals surface area contributed by atoms with Crippen LogP contribution in [0.4, 0.5) is 0 Å². The van der Waals surface area contributed by atoms with Gasteiger partial charge in [-0.25, -0.2) is 9.67 Å². The zero-order chi connectivity index (χ0) is 10.9. The summed E-state index contributed by atoms with van der Waals surface area (Å²) < 4.78 is 7.10. The normalized spacial score (nSPS) is 25.7. The van der Waals surface area contributed by atoms with Crippen LogP contribution in [0.15, 0.2) is 6.33 Å². The van der Waals surface area contributed by atoms with Gasteiger partial charge in [0.05, 0.1) is 0 Å². The lowest BCUT2D eigenvalue weighted by molar-refractivity contribution is 0.0199. The van der Waals surface area contributed by atoms with Gasteiger partial charge >= 0.3 is 0 Å². The maximum atomic E-state index is 12.2. The van der Waals surface area contributed by atoms with Crippen molar-refractivity contribution < 1.29 is 9.53 Å². The van der Waals surface area contributed by atoms with Crippen LogP contribution in [0.5, 0.6) is 0 Å². The summed E-state index contributed by atoms with van der Waals surface area (Å²) in [7, 11) is 0. The second-order valence-electron chi connectivity index (χ2n) is 3.91. The predicted molar refractivity (Wildman–Crippen MR) is 53.6 cm³/mol. The Bertz CT molecular complexity index is 366. The molecule has 0 saturated carbocycles. The maximum absolute atomic E-state index is 12.2. The third kappa shape index (κ3) is 1.67. The molecule has 1 aromatic heterocycles. The second-order valence-corrected chi connectivity index (χ2v) is 3.91. The molecule has 2 rings (SSSR count).